The second-order valence-electron chi connectivity index (χ2n) is 2.32. The van der Waals surface area contributed by atoms with Crippen LogP contribution in [0.25, 0.3) is 0 Å². The molecule has 66 valence electrons. The van der Waals surface area contributed by atoms with Crippen molar-refractivity contribution in [2.45, 2.75) is 13.2 Å². The van der Waals surface area contributed by atoms with Gasteiger partial charge < -0.3 is 9.84 Å². The zero-order valence-corrected chi connectivity index (χ0v) is 8.34. The number of ether oxygens (including phenoxy) is 1. The SMILES string of the molecule is COCc1nc(CO)ccc1Br. The molecule has 0 aliphatic rings. The molecule has 3 nitrogen and oxygen atoms in total. The second kappa shape index (κ2) is 4.54. The van der Waals surface area contributed by atoms with Crippen molar-refractivity contribution in [3.8, 4) is 0 Å². The summed E-state index contributed by atoms with van der Waals surface area (Å²) in [4.78, 5) is 4.16. The van der Waals surface area contributed by atoms with Crippen LogP contribution < -0.4 is 0 Å². The predicted octanol–water partition coefficient (Wildman–Crippen LogP) is 1.48. The highest BCUT2D eigenvalue weighted by molar-refractivity contribution is 9.10. The van der Waals surface area contributed by atoms with E-state index in [4.69, 9.17) is 9.84 Å². The number of rotatable bonds is 3. The van der Waals surface area contributed by atoms with E-state index in [9.17, 15) is 0 Å². The topological polar surface area (TPSA) is 42.4 Å². The first-order chi connectivity index (χ1) is 5.77. The van der Waals surface area contributed by atoms with E-state index in [0.717, 1.165) is 10.2 Å². The van der Waals surface area contributed by atoms with E-state index in [1.807, 2.05) is 6.07 Å². The van der Waals surface area contributed by atoms with Gasteiger partial charge in [0, 0.05) is 11.6 Å². The number of aliphatic hydroxyl groups is 1. The van der Waals surface area contributed by atoms with E-state index in [1.54, 1.807) is 13.2 Å². The molecule has 0 aliphatic heterocycles. The average molecular weight is 232 g/mol. The van der Waals surface area contributed by atoms with Gasteiger partial charge >= 0.3 is 0 Å². The number of methoxy groups -OCH3 is 1. The van der Waals surface area contributed by atoms with Crippen LogP contribution in [0.15, 0.2) is 16.6 Å². The Bertz CT molecular complexity index is 265. The summed E-state index contributed by atoms with van der Waals surface area (Å²) >= 11 is 3.34. The van der Waals surface area contributed by atoms with Crippen molar-refractivity contribution in [2.75, 3.05) is 7.11 Å². The summed E-state index contributed by atoms with van der Waals surface area (Å²) in [7, 11) is 1.61. The molecule has 0 bridgehead atoms. The summed E-state index contributed by atoms with van der Waals surface area (Å²) in [5.74, 6) is 0. The standard InChI is InChI=1S/C8H10BrNO2/c1-12-5-8-7(9)3-2-6(4-11)10-8/h2-3,11H,4-5H2,1H3. The molecule has 1 aromatic rings. The molecule has 1 heterocycles. The lowest BCUT2D eigenvalue weighted by Gasteiger charge is -2.03. The molecule has 0 fully saturated rings. The van der Waals surface area contributed by atoms with Gasteiger partial charge in [-0.25, -0.2) is 0 Å². The number of nitrogens with zero attached hydrogens (tertiary/aromatic N) is 1. The van der Waals surface area contributed by atoms with Crippen molar-refractivity contribution in [3.63, 3.8) is 0 Å². The minimum absolute atomic E-state index is 0.0377. The monoisotopic (exact) mass is 231 g/mol. The minimum Gasteiger partial charge on any atom is -0.390 e. The summed E-state index contributed by atoms with van der Waals surface area (Å²) in [5.41, 5.74) is 1.47. The van der Waals surface area contributed by atoms with Gasteiger partial charge in [0.05, 0.1) is 24.6 Å². The molecule has 0 amide bonds. The molecule has 12 heavy (non-hydrogen) atoms. The zero-order valence-electron chi connectivity index (χ0n) is 6.75. The van der Waals surface area contributed by atoms with Crippen LogP contribution in [0.3, 0.4) is 0 Å². The van der Waals surface area contributed by atoms with Crippen molar-refractivity contribution in [3.05, 3.63) is 28.0 Å². The van der Waals surface area contributed by atoms with E-state index in [-0.39, 0.29) is 6.61 Å². The fraction of sp³-hybridized carbons (Fsp3) is 0.375. The number of aromatic nitrogens is 1. The fourth-order valence-electron chi connectivity index (χ4n) is 0.856. The van der Waals surface area contributed by atoms with Gasteiger partial charge in [-0.05, 0) is 28.1 Å². The first-order valence-corrected chi connectivity index (χ1v) is 4.31. The van der Waals surface area contributed by atoms with Crippen molar-refractivity contribution in [1.82, 2.24) is 4.98 Å². The Labute approximate surface area is 79.5 Å². The number of pyridine rings is 1. The van der Waals surface area contributed by atoms with E-state index in [1.165, 1.54) is 0 Å². The van der Waals surface area contributed by atoms with Crippen LogP contribution in [-0.4, -0.2) is 17.2 Å². The summed E-state index contributed by atoms with van der Waals surface area (Å²) in [6.07, 6.45) is 0. The summed E-state index contributed by atoms with van der Waals surface area (Å²) in [6, 6.07) is 3.62. The van der Waals surface area contributed by atoms with Gasteiger partial charge in [-0.3, -0.25) is 4.98 Å². The zero-order chi connectivity index (χ0) is 8.97. The number of halogens is 1. The van der Waals surface area contributed by atoms with Gasteiger partial charge in [0.2, 0.25) is 0 Å². The Morgan fingerprint density at radius 2 is 2.33 bits per heavy atom. The van der Waals surface area contributed by atoms with Crippen LogP contribution >= 0.6 is 15.9 Å². The molecule has 0 saturated carbocycles. The van der Waals surface area contributed by atoms with Crippen LogP contribution in [0, 0.1) is 0 Å². The van der Waals surface area contributed by atoms with Gasteiger partial charge in [0.25, 0.3) is 0 Å². The largest absolute Gasteiger partial charge is 0.390 e. The lowest BCUT2D eigenvalue weighted by Crippen LogP contribution is -1.97. The lowest BCUT2D eigenvalue weighted by molar-refractivity contribution is 0.180. The Morgan fingerprint density at radius 3 is 2.92 bits per heavy atom. The number of hydrogen-bond donors (Lipinski definition) is 1. The fourth-order valence-corrected chi connectivity index (χ4v) is 1.19. The van der Waals surface area contributed by atoms with Gasteiger partial charge in [0.1, 0.15) is 0 Å². The highest BCUT2D eigenvalue weighted by Crippen LogP contribution is 2.15. The molecule has 0 atom stereocenters. The van der Waals surface area contributed by atoms with E-state index in [0.29, 0.717) is 12.3 Å². The number of aliphatic hydroxyl groups excluding tert-OH is 1. The molecule has 0 radical (unpaired) electrons. The molecule has 0 aliphatic carbocycles. The quantitative estimate of drug-likeness (QED) is 0.858. The van der Waals surface area contributed by atoms with Gasteiger partial charge in [-0.1, -0.05) is 0 Å². The minimum atomic E-state index is -0.0377. The molecule has 1 aromatic heterocycles. The lowest BCUT2D eigenvalue weighted by atomic mass is 10.3. The molecular weight excluding hydrogens is 222 g/mol. The second-order valence-corrected chi connectivity index (χ2v) is 3.18. The van der Waals surface area contributed by atoms with Gasteiger partial charge in [-0.15, -0.1) is 0 Å². The van der Waals surface area contributed by atoms with E-state index in [2.05, 4.69) is 20.9 Å². The van der Waals surface area contributed by atoms with Gasteiger partial charge in [0.15, 0.2) is 0 Å². The van der Waals surface area contributed by atoms with Crippen molar-refractivity contribution in [1.29, 1.82) is 0 Å². The highest BCUT2D eigenvalue weighted by atomic mass is 79.9. The summed E-state index contributed by atoms with van der Waals surface area (Å²) < 4.78 is 5.84. The van der Waals surface area contributed by atoms with Crippen molar-refractivity contribution < 1.29 is 9.84 Å². The summed E-state index contributed by atoms with van der Waals surface area (Å²) in [6.45, 7) is 0.415. The normalized spacial score (nSPS) is 10.2. The molecule has 4 heteroatoms. The third-order valence-corrected chi connectivity index (χ3v) is 2.14. The Kier molecular flexibility index (Phi) is 3.65. The highest BCUT2D eigenvalue weighted by Gasteiger charge is 2.01. The van der Waals surface area contributed by atoms with Crippen LogP contribution in [0.1, 0.15) is 11.4 Å². The Hall–Kier alpha value is -0.450. The summed E-state index contributed by atoms with van der Waals surface area (Å²) in [5, 5.41) is 8.80. The average Bonchev–Trinajstić information content (AvgIpc) is 2.09. The van der Waals surface area contributed by atoms with Crippen LogP contribution in [0.2, 0.25) is 0 Å². The predicted molar refractivity (Wildman–Crippen MR) is 48.6 cm³/mol. The molecule has 0 saturated heterocycles. The Balaban J connectivity index is 2.91. The smallest absolute Gasteiger partial charge is 0.0895 e. The van der Waals surface area contributed by atoms with E-state index < -0.39 is 0 Å². The van der Waals surface area contributed by atoms with E-state index >= 15 is 0 Å². The molecule has 0 unspecified atom stereocenters. The third-order valence-electron chi connectivity index (χ3n) is 1.42. The molecule has 1 rings (SSSR count). The van der Waals surface area contributed by atoms with Crippen molar-refractivity contribution in [2.24, 2.45) is 0 Å². The maximum Gasteiger partial charge on any atom is 0.0895 e. The number of hydrogen-bond acceptors (Lipinski definition) is 3. The molecule has 1 N–H and O–H groups in total. The first-order valence-electron chi connectivity index (χ1n) is 3.52. The van der Waals surface area contributed by atoms with Crippen LogP contribution in [0.4, 0.5) is 0 Å². The van der Waals surface area contributed by atoms with Crippen LogP contribution in [0.5, 0.6) is 0 Å². The third kappa shape index (κ3) is 2.27. The molecule has 0 aromatic carbocycles. The first kappa shape index (κ1) is 9.64. The maximum absolute atomic E-state index is 8.80. The van der Waals surface area contributed by atoms with Crippen LogP contribution in [-0.2, 0) is 18.0 Å². The molecule has 0 spiro atoms. The van der Waals surface area contributed by atoms with Gasteiger partial charge in [-0.2, -0.15) is 0 Å². The maximum atomic E-state index is 8.80. The molecular formula is C8H10BrNO2. The Morgan fingerprint density at radius 1 is 1.58 bits per heavy atom. The van der Waals surface area contributed by atoms with Crippen molar-refractivity contribution >= 4 is 15.9 Å².